The summed E-state index contributed by atoms with van der Waals surface area (Å²) in [5.74, 6) is -1.18. The van der Waals surface area contributed by atoms with Crippen molar-refractivity contribution >= 4 is 11.0 Å². The third-order valence-electron chi connectivity index (χ3n) is 6.47. The van der Waals surface area contributed by atoms with Crippen LogP contribution >= 0.6 is 0 Å². The van der Waals surface area contributed by atoms with Crippen LogP contribution in [0.25, 0.3) is 22.3 Å². The van der Waals surface area contributed by atoms with E-state index in [1.165, 1.54) is 25.0 Å². The lowest BCUT2D eigenvalue weighted by Crippen LogP contribution is -2.19. The van der Waals surface area contributed by atoms with Crippen LogP contribution in [-0.4, -0.2) is 31.3 Å². The average Bonchev–Trinajstić information content (AvgIpc) is 3.61. The number of halogens is 2. The van der Waals surface area contributed by atoms with Crippen LogP contribution in [-0.2, 0) is 4.74 Å². The summed E-state index contributed by atoms with van der Waals surface area (Å²) in [6.07, 6.45) is 9.47. The lowest BCUT2D eigenvalue weighted by atomic mass is 9.89. The molecule has 1 aliphatic heterocycles. The van der Waals surface area contributed by atoms with Gasteiger partial charge in [0.1, 0.15) is 22.8 Å². The van der Waals surface area contributed by atoms with Gasteiger partial charge in [-0.2, -0.15) is 5.10 Å². The summed E-state index contributed by atoms with van der Waals surface area (Å²) >= 11 is 0. The summed E-state index contributed by atoms with van der Waals surface area (Å²) < 4.78 is 36.4. The molecule has 4 aromatic rings. The fourth-order valence-electron chi connectivity index (χ4n) is 4.57. The number of hydrogen-bond acceptors (Lipinski definition) is 5. The molecule has 3 aromatic heterocycles. The van der Waals surface area contributed by atoms with Crippen molar-refractivity contribution in [2.45, 2.75) is 64.5 Å². The fraction of sp³-hybridized carbons (Fsp3) is 0.407. The number of aromatic nitrogens is 5. The zero-order valence-electron chi connectivity index (χ0n) is 20.2. The molecule has 1 aromatic carbocycles. The molecule has 0 bridgehead atoms. The largest absolute Gasteiger partial charge is 0.373 e. The summed E-state index contributed by atoms with van der Waals surface area (Å²) in [5, 5.41) is 4.50. The monoisotopic (exact) mass is 477 g/mol. The Kier molecular flexibility index (Phi) is 6.56. The Morgan fingerprint density at radius 1 is 1.03 bits per heavy atom. The number of benzene rings is 1. The lowest BCUT2D eigenvalue weighted by Gasteiger charge is -2.29. The Bertz CT molecular complexity index is 1350. The van der Waals surface area contributed by atoms with Crippen molar-refractivity contribution in [1.82, 2.24) is 24.7 Å². The smallest absolute Gasteiger partial charge is 0.135 e. The van der Waals surface area contributed by atoms with Crippen LogP contribution in [0.5, 0.6) is 0 Å². The van der Waals surface area contributed by atoms with E-state index in [1.54, 1.807) is 6.20 Å². The van der Waals surface area contributed by atoms with E-state index in [-0.39, 0.29) is 17.6 Å². The number of nitrogens with zero attached hydrogens (tertiary/aromatic N) is 5. The van der Waals surface area contributed by atoms with Crippen molar-refractivity contribution in [1.29, 1.82) is 0 Å². The molecule has 1 aliphatic carbocycles. The maximum absolute atomic E-state index is 14.7. The van der Waals surface area contributed by atoms with Gasteiger partial charge in [-0.05, 0) is 50.8 Å². The van der Waals surface area contributed by atoms with Crippen molar-refractivity contribution in [3.05, 3.63) is 71.4 Å². The Balaban J connectivity index is 0.00000124. The highest BCUT2D eigenvalue weighted by molar-refractivity contribution is 5.89. The first-order chi connectivity index (χ1) is 17.0. The number of aryl methyl sites for hydroxylation is 1. The van der Waals surface area contributed by atoms with Crippen molar-refractivity contribution in [2.24, 2.45) is 0 Å². The normalized spacial score (nSPS) is 19.9. The number of fused-ring (bicyclic) bond motifs is 1. The van der Waals surface area contributed by atoms with Crippen LogP contribution in [0.4, 0.5) is 8.78 Å². The van der Waals surface area contributed by atoms with Crippen LogP contribution in [0.3, 0.4) is 0 Å². The Labute approximate surface area is 203 Å². The SMILES string of the molecule is CC.Cc1cnc2c(-c3ccc(F)cc3F)nc([C@@H]3CCO[C@H](c4cnn(C5CC5)c4)C3)cc2n1. The molecular weight excluding hydrogens is 448 g/mol. The zero-order valence-corrected chi connectivity index (χ0v) is 20.2. The van der Waals surface area contributed by atoms with E-state index in [1.807, 2.05) is 37.7 Å². The van der Waals surface area contributed by atoms with Crippen LogP contribution in [0.15, 0.2) is 42.9 Å². The van der Waals surface area contributed by atoms with Gasteiger partial charge in [0.05, 0.1) is 29.6 Å². The standard InChI is InChI=1S/C25H23F2N5O.C2H6/c1-14-11-28-25-22(30-14)10-21(31-24(25)19-5-2-17(26)9-20(19)27)15-6-7-33-23(8-15)16-12-29-32(13-16)18-3-4-18;1-2/h2,5,9-13,15,18,23H,3-4,6-8H2,1H3;1-2H3/t15-,23+;/m1./s1. The quantitative estimate of drug-likeness (QED) is 0.337. The van der Waals surface area contributed by atoms with E-state index in [2.05, 4.69) is 21.3 Å². The van der Waals surface area contributed by atoms with Gasteiger partial charge in [-0.1, -0.05) is 13.8 Å². The van der Waals surface area contributed by atoms with Gasteiger partial charge in [0, 0.05) is 47.8 Å². The van der Waals surface area contributed by atoms with Crippen molar-refractivity contribution < 1.29 is 13.5 Å². The molecule has 6 rings (SSSR count). The predicted octanol–water partition coefficient (Wildman–Crippen LogP) is 6.47. The van der Waals surface area contributed by atoms with E-state index in [4.69, 9.17) is 9.72 Å². The molecule has 1 saturated carbocycles. The van der Waals surface area contributed by atoms with Crippen LogP contribution in [0, 0.1) is 18.6 Å². The second-order valence-corrected chi connectivity index (χ2v) is 8.96. The summed E-state index contributed by atoms with van der Waals surface area (Å²) in [6.45, 7) is 6.47. The average molecular weight is 478 g/mol. The summed E-state index contributed by atoms with van der Waals surface area (Å²) in [7, 11) is 0. The van der Waals surface area contributed by atoms with Gasteiger partial charge in [0.15, 0.2) is 0 Å². The number of pyridine rings is 1. The molecule has 8 heteroatoms. The zero-order chi connectivity index (χ0) is 24.5. The molecule has 0 N–H and O–H groups in total. The topological polar surface area (TPSA) is 65.7 Å². The second-order valence-electron chi connectivity index (χ2n) is 8.96. The molecule has 0 amide bonds. The molecule has 6 nitrogen and oxygen atoms in total. The Hall–Kier alpha value is -3.26. The number of rotatable bonds is 4. The van der Waals surface area contributed by atoms with Gasteiger partial charge in [-0.25, -0.2) is 18.7 Å². The highest BCUT2D eigenvalue weighted by Crippen LogP contribution is 2.40. The maximum Gasteiger partial charge on any atom is 0.135 e. The van der Waals surface area contributed by atoms with Crippen molar-refractivity contribution in [2.75, 3.05) is 6.61 Å². The second kappa shape index (κ2) is 9.77. The predicted molar refractivity (Wildman–Crippen MR) is 130 cm³/mol. The van der Waals surface area contributed by atoms with E-state index in [9.17, 15) is 8.78 Å². The molecule has 35 heavy (non-hydrogen) atoms. The summed E-state index contributed by atoms with van der Waals surface area (Å²) in [4.78, 5) is 13.9. The molecular formula is C27H29F2N5O. The molecule has 4 heterocycles. The van der Waals surface area contributed by atoms with Crippen molar-refractivity contribution in [3.8, 4) is 11.3 Å². The molecule has 182 valence electrons. The molecule has 1 saturated heterocycles. The van der Waals surface area contributed by atoms with Gasteiger partial charge in [-0.15, -0.1) is 0 Å². The minimum Gasteiger partial charge on any atom is -0.373 e. The molecule has 2 fully saturated rings. The van der Waals surface area contributed by atoms with Crippen molar-refractivity contribution in [3.63, 3.8) is 0 Å². The van der Waals surface area contributed by atoms with E-state index >= 15 is 0 Å². The van der Waals surface area contributed by atoms with Gasteiger partial charge < -0.3 is 4.74 Å². The third-order valence-corrected chi connectivity index (χ3v) is 6.47. The van der Waals surface area contributed by atoms with Gasteiger partial charge >= 0.3 is 0 Å². The van der Waals surface area contributed by atoms with Crippen LogP contribution < -0.4 is 0 Å². The van der Waals surface area contributed by atoms with Gasteiger partial charge in [-0.3, -0.25) is 9.67 Å². The first-order valence-corrected chi connectivity index (χ1v) is 12.3. The third kappa shape index (κ3) is 4.80. The maximum atomic E-state index is 14.7. The summed E-state index contributed by atoms with van der Waals surface area (Å²) in [6, 6.07) is 5.99. The molecule has 2 atom stereocenters. The van der Waals surface area contributed by atoms with Gasteiger partial charge in [0.2, 0.25) is 0 Å². The minimum absolute atomic E-state index is 0.0663. The lowest BCUT2D eigenvalue weighted by molar-refractivity contribution is 0.00462. The summed E-state index contributed by atoms with van der Waals surface area (Å²) in [5.41, 5.74) is 4.43. The Morgan fingerprint density at radius 3 is 2.63 bits per heavy atom. The highest BCUT2D eigenvalue weighted by Gasteiger charge is 2.30. The van der Waals surface area contributed by atoms with Gasteiger partial charge in [0.25, 0.3) is 0 Å². The molecule has 0 spiro atoms. The van der Waals surface area contributed by atoms with Crippen LogP contribution in [0.1, 0.15) is 74.5 Å². The number of ether oxygens (including phenoxy) is 1. The molecule has 0 radical (unpaired) electrons. The highest BCUT2D eigenvalue weighted by atomic mass is 19.1. The first-order valence-electron chi connectivity index (χ1n) is 12.3. The van der Waals surface area contributed by atoms with E-state index < -0.39 is 11.6 Å². The van der Waals surface area contributed by atoms with E-state index in [0.29, 0.717) is 29.4 Å². The van der Waals surface area contributed by atoms with E-state index in [0.717, 1.165) is 35.9 Å². The molecule has 0 unspecified atom stereocenters. The minimum atomic E-state index is -0.666. The fourth-order valence-corrected chi connectivity index (χ4v) is 4.57. The molecule has 2 aliphatic rings. The Morgan fingerprint density at radius 2 is 1.86 bits per heavy atom. The first kappa shape index (κ1) is 23.5. The van der Waals surface area contributed by atoms with Crippen LogP contribution in [0.2, 0.25) is 0 Å². The number of hydrogen-bond donors (Lipinski definition) is 0.